The summed E-state index contributed by atoms with van der Waals surface area (Å²) in [6.45, 7) is 6.70. The van der Waals surface area contributed by atoms with E-state index in [1.165, 1.54) is 17.8 Å². The smallest absolute Gasteiger partial charge is 0.303 e. The predicted molar refractivity (Wildman–Crippen MR) is 152 cm³/mol. The number of hydrogen-bond acceptors (Lipinski definition) is 15. The number of nitrogens with zero attached hydrogens (tertiary/aromatic N) is 3. The summed E-state index contributed by atoms with van der Waals surface area (Å²) in [5, 5.41) is 11.3. The summed E-state index contributed by atoms with van der Waals surface area (Å²) in [7, 11) is 0. The number of aromatic nitrogens is 4. The lowest BCUT2D eigenvalue weighted by atomic mass is 9.96. The fraction of sp³-hybridized carbons (Fsp3) is 0.667. The molecule has 1 saturated heterocycles. The van der Waals surface area contributed by atoms with Gasteiger partial charge in [-0.3, -0.25) is 38.8 Å². The van der Waals surface area contributed by atoms with Crippen molar-refractivity contribution in [2.75, 3.05) is 58.2 Å². The van der Waals surface area contributed by atoms with Crippen molar-refractivity contribution in [1.82, 2.24) is 19.5 Å². The Hall–Kier alpha value is -3.97. The molecule has 0 spiro atoms. The van der Waals surface area contributed by atoms with Gasteiger partial charge in [0.05, 0.1) is 52.6 Å². The van der Waals surface area contributed by atoms with Crippen LogP contribution in [0.15, 0.2) is 11.1 Å². The van der Waals surface area contributed by atoms with Gasteiger partial charge < -0.3 is 38.3 Å². The van der Waals surface area contributed by atoms with Crippen molar-refractivity contribution < 1.29 is 57.4 Å². The van der Waals surface area contributed by atoms with E-state index in [9.17, 15) is 24.0 Å². The van der Waals surface area contributed by atoms with E-state index in [4.69, 9.17) is 38.3 Å². The molecule has 2 aromatic rings. The molecule has 0 unspecified atom stereocenters. The summed E-state index contributed by atoms with van der Waals surface area (Å²) in [6, 6.07) is 0. The van der Waals surface area contributed by atoms with Crippen molar-refractivity contribution in [3.8, 4) is 0 Å². The zero-order chi connectivity index (χ0) is 33.1. The number of ether oxygens (including phenoxy) is 7. The highest BCUT2D eigenvalue weighted by Crippen LogP contribution is 2.42. The Morgan fingerprint density at radius 3 is 2.24 bits per heavy atom. The number of aliphatic hydroxyl groups excluding tert-OH is 1. The SMILES string of the molecule is CC(=O)OC[C@@]1(COCCOCCOCCO)O[C@@H](n2cnc3c(=O)[nH]c(NC(=O)C(C)C)nc32)[C@H](OC(C)=O)[C@@H]1OC(C)=O. The van der Waals surface area contributed by atoms with Crippen molar-refractivity contribution in [3.63, 3.8) is 0 Å². The number of imidazole rings is 1. The minimum atomic E-state index is -1.72. The van der Waals surface area contributed by atoms with Crippen molar-refractivity contribution in [1.29, 1.82) is 0 Å². The average molecular weight is 642 g/mol. The zero-order valence-electron chi connectivity index (χ0n) is 25.7. The van der Waals surface area contributed by atoms with Gasteiger partial charge in [0.1, 0.15) is 6.61 Å². The monoisotopic (exact) mass is 641 g/mol. The van der Waals surface area contributed by atoms with Gasteiger partial charge in [0.15, 0.2) is 35.2 Å². The summed E-state index contributed by atoms with van der Waals surface area (Å²) in [4.78, 5) is 72.5. The number of hydrogen-bond donors (Lipinski definition) is 3. The lowest BCUT2D eigenvalue weighted by Gasteiger charge is -2.33. The van der Waals surface area contributed by atoms with E-state index in [1.807, 2.05) is 0 Å². The molecular weight excluding hydrogens is 602 g/mol. The Bertz CT molecular complexity index is 1390. The molecular formula is C27H39N5O13. The van der Waals surface area contributed by atoms with Crippen molar-refractivity contribution in [3.05, 3.63) is 16.7 Å². The number of fused-ring (bicyclic) bond motifs is 1. The highest BCUT2D eigenvalue weighted by molar-refractivity contribution is 5.91. The second kappa shape index (κ2) is 16.4. The lowest BCUT2D eigenvalue weighted by Crippen LogP contribution is -2.53. The van der Waals surface area contributed by atoms with Crippen molar-refractivity contribution >= 4 is 40.9 Å². The quantitative estimate of drug-likeness (QED) is 0.112. The van der Waals surface area contributed by atoms with Crippen LogP contribution >= 0.6 is 0 Å². The number of carbonyl (C=O) groups is 4. The summed E-state index contributed by atoms with van der Waals surface area (Å²) in [6.07, 6.45) is -2.86. The van der Waals surface area contributed by atoms with Crippen LogP contribution in [0.4, 0.5) is 5.95 Å². The lowest BCUT2D eigenvalue weighted by molar-refractivity contribution is -0.191. The Morgan fingerprint density at radius 2 is 1.64 bits per heavy atom. The molecule has 0 radical (unpaired) electrons. The fourth-order valence-electron chi connectivity index (χ4n) is 4.38. The van der Waals surface area contributed by atoms with E-state index < -0.39 is 65.9 Å². The number of carbonyl (C=O) groups excluding carboxylic acids is 4. The molecule has 0 saturated carbocycles. The molecule has 18 heteroatoms. The Labute approximate surface area is 257 Å². The van der Waals surface area contributed by atoms with E-state index in [0.29, 0.717) is 0 Å². The Morgan fingerprint density at radius 1 is 1.00 bits per heavy atom. The molecule has 45 heavy (non-hydrogen) atoms. The molecule has 3 heterocycles. The topological polar surface area (TPSA) is 229 Å². The third kappa shape index (κ3) is 9.51. The fourth-order valence-corrected chi connectivity index (χ4v) is 4.38. The van der Waals surface area contributed by atoms with Crippen LogP contribution in [0.1, 0.15) is 40.8 Å². The summed E-state index contributed by atoms with van der Waals surface area (Å²) < 4.78 is 40.6. The number of anilines is 1. The van der Waals surface area contributed by atoms with Gasteiger partial charge in [-0.25, -0.2) is 4.98 Å². The van der Waals surface area contributed by atoms with Gasteiger partial charge in [0.2, 0.25) is 11.9 Å². The minimum absolute atomic E-state index is 0.0325. The first-order valence-electron chi connectivity index (χ1n) is 14.2. The molecule has 1 fully saturated rings. The Kier molecular flexibility index (Phi) is 12.9. The second-order valence-corrected chi connectivity index (χ2v) is 10.3. The van der Waals surface area contributed by atoms with Crippen LogP contribution < -0.4 is 10.9 Å². The molecule has 3 N–H and O–H groups in total. The van der Waals surface area contributed by atoms with E-state index in [1.54, 1.807) is 13.8 Å². The molecule has 2 aromatic heterocycles. The molecule has 0 aromatic carbocycles. The molecule has 18 nitrogen and oxygen atoms in total. The predicted octanol–water partition coefficient (Wildman–Crippen LogP) is -0.550. The molecule has 4 atom stereocenters. The zero-order valence-corrected chi connectivity index (χ0v) is 25.7. The van der Waals surface area contributed by atoms with Gasteiger partial charge in [0.25, 0.3) is 5.56 Å². The minimum Gasteiger partial charge on any atom is -0.463 e. The van der Waals surface area contributed by atoms with Gasteiger partial charge in [-0.15, -0.1) is 0 Å². The first-order valence-corrected chi connectivity index (χ1v) is 14.2. The second-order valence-electron chi connectivity index (χ2n) is 10.3. The highest BCUT2D eigenvalue weighted by atomic mass is 16.7. The maximum atomic E-state index is 12.8. The van der Waals surface area contributed by atoms with Crippen LogP contribution in [-0.2, 0) is 52.3 Å². The van der Waals surface area contributed by atoms with Crippen LogP contribution in [0.3, 0.4) is 0 Å². The molecule has 1 amide bonds. The van der Waals surface area contributed by atoms with Gasteiger partial charge >= 0.3 is 17.9 Å². The maximum Gasteiger partial charge on any atom is 0.303 e. The summed E-state index contributed by atoms with van der Waals surface area (Å²) in [5.74, 6) is -3.19. The van der Waals surface area contributed by atoms with E-state index in [2.05, 4.69) is 20.3 Å². The highest BCUT2D eigenvalue weighted by Gasteiger charge is 2.61. The number of nitrogens with one attached hydrogen (secondary N) is 2. The average Bonchev–Trinajstić information content (AvgIpc) is 3.50. The number of aromatic amines is 1. The summed E-state index contributed by atoms with van der Waals surface area (Å²) in [5.41, 5.74) is -2.57. The van der Waals surface area contributed by atoms with Crippen LogP contribution in [0.2, 0.25) is 0 Å². The van der Waals surface area contributed by atoms with Gasteiger partial charge in [0, 0.05) is 26.7 Å². The first-order chi connectivity index (χ1) is 21.4. The van der Waals surface area contributed by atoms with Crippen molar-refractivity contribution in [2.24, 2.45) is 5.92 Å². The molecule has 0 bridgehead atoms. The number of aliphatic hydroxyl groups is 1. The largest absolute Gasteiger partial charge is 0.463 e. The maximum absolute atomic E-state index is 12.8. The third-order valence-electron chi connectivity index (χ3n) is 6.37. The normalized spacial score (nSPS) is 21.2. The van der Waals surface area contributed by atoms with Gasteiger partial charge in [-0.2, -0.15) is 4.98 Å². The van der Waals surface area contributed by atoms with Crippen LogP contribution in [0, 0.1) is 5.92 Å². The van der Waals surface area contributed by atoms with Crippen LogP contribution in [-0.4, -0.2) is 119 Å². The summed E-state index contributed by atoms with van der Waals surface area (Å²) >= 11 is 0. The molecule has 3 rings (SSSR count). The number of rotatable bonds is 17. The van der Waals surface area contributed by atoms with E-state index >= 15 is 0 Å². The molecule has 1 aliphatic rings. The van der Waals surface area contributed by atoms with Crippen LogP contribution in [0.5, 0.6) is 0 Å². The third-order valence-corrected chi connectivity index (χ3v) is 6.37. The van der Waals surface area contributed by atoms with Gasteiger partial charge in [-0.1, -0.05) is 13.8 Å². The van der Waals surface area contributed by atoms with Gasteiger partial charge in [-0.05, 0) is 0 Å². The van der Waals surface area contributed by atoms with Crippen molar-refractivity contribution in [2.45, 2.75) is 58.7 Å². The van der Waals surface area contributed by atoms with E-state index in [-0.39, 0.29) is 63.4 Å². The first kappa shape index (κ1) is 35.5. The molecule has 250 valence electrons. The number of amides is 1. The molecule has 1 aliphatic heterocycles. The molecule has 0 aliphatic carbocycles. The van der Waals surface area contributed by atoms with E-state index in [0.717, 1.165) is 13.8 Å². The standard InChI is InChI=1S/C27H39N5O13/c1-15(2)23(37)30-26-29-22-19(24(38)31-26)28-14-32(22)25-20(43-17(4)35)21(44-18(5)36)27(45-25,13-42-16(3)34)12-41-11-10-40-9-8-39-7-6-33/h14-15,20-21,25,33H,6-13H2,1-5H3,(H2,29,30,31,37,38)/t20-,21+,25-,27-/m1/s1. The van der Waals surface area contributed by atoms with Crippen LogP contribution in [0.25, 0.3) is 11.2 Å². The number of H-pyrrole nitrogens is 1. The Balaban J connectivity index is 1.99. The number of esters is 3.